The molecule has 0 aliphatic rings. The Balaban J connectivity index is 2.07. The van der Waals surface area contributed by atoms with E-state index >= 15 is 0 Å². The summed E-state index contributed by atoms with van der Waals surface area (Å²) in [6, 6.07) is 9.93. The second-order valence-corrected chi connectivity index (χ2v) is 4.75. The van der Waals surface area contributed by atoms with Crippen LogP contribution < -0.4 is 0 Å². The molecule has 0 saturated heterocycles. The molecule has 1 nitrogen and oxygen atoms in total. The smallest absolute Gasteiger partial charge is 0.169 e. The van der Waals surface area contributed by atoms with E-state index in [1.54, 1.807) is 18.2 Å². The zero-order valence-electron chi connectivity index (χ0n) is 8.29. The molecule has 2 rings (SSSR count). The lowest BCUT2D eigenvalue weighted by Crippen LogP contribution is -1.94. The average Bonchev–Trinajstić information content (AvgIpc) is 2.68. The van der Waals surface area contributed by atoms with Crippen LogP contribution in [0, 0.1) is 5.82 Å². The second kappa shape index (κ2) is 5.02. The third-order valence-corrected chi connectivity index (χ3v) is 3.03. The average molecular weight is 304 g/mol. The first-order chi connectivity index (χ1) is 7.65. The van der Waals surface area contributed by atoms with Crippen LogP contribution in [0.15, 0.2) is 45.5 Å². The Hall–Kier alpha value is -0.800. The predicted molar refractivity (Wildman–Crippen MR) is 65.1 cm³/mol. The molecule has 2 aromatic rings. The molecule has 1 aromatic heterocycles. The fourth-order valence-corrected chi connectivity index (χ4v) is 2.04. The summed E-state index contributed by atoms with van der Waals surface area (Å²) in [6.45, 7) is 0. The van der Waals surface area contributed by atoms with Gasteiger partial charge >= 0.3 is 0 Å². The Kier molecular flexibility index (Phi) is 3.66. The van der Waals surface area contributed by atoms with E-state index in [2.05, 4.69) is 15.9 Å². The van der Waals surface area contributed by atoms with E-state index in [4.69, 9.17) is 16.0 Å². The fraction of sp³-hybridized carbons (Fsp3) is 0.167. The molecule has 0 radical (unpaired) electrons. The largest absolute Gasteiger partial charge is 0.453 e. The minimum atomic E-state index is -0.240. The highest BCUT2D eigenvalue weighted by Gasteiger charge is 2.12. The number of benzene rings is 1. The van der Waals surface area contributed by atoms with Crippen molar-refractivity contribution in [2.45, 2.75) is 11.8 Å². The normalized spacial score (nSPS) is 12.7. The molecule has 0 N–H and O–H groups in total. The Bertz CT molecular complexity index is 466. The maximum absolute atomic E-state index is 12.7. The monoisotopic (exact) mass is 302 g/mol. The minimum absolute atomic E-state index is 0.239. The first kappa shape index (κ1) is 11.7. The number of rotatable bonds is 3. The van der Waals surface area contributed by atoms with Crippen molar-refractivity contribution < 1.29 is 8.81 Å². The molecule has 16 heavy (non-hydrogen) atoms. The molecular formula is C12H9BrClFO. The second-order valence-electron chi connectivity index (χ2n) is 3.44. The third-order valence-electron chi connectivity index (χ3n) is 2.23. The Labute approximate surface area is 106 Å². The number of alkyl halides is 1. The van der Waals surface area contributed by atoms with Crippen LogP contribution in [0.25, 0.3) is 0 Å². The van der Waals surface area contributed by atoms with Crippen LogP contribution in [0.1, 0.15) is 16.7 Å². The van der Waals surface area contributed by atoms with Gasteiger partial charge in [-0.15, -0.1) is 11.6 Å². The Morgan fingerprint density at radius 2 is 1.88 bits per heavy atom. The molecule has 0 aliphatic carbocycles. The molecular weight excluding hydrogens is 294 g/mol. The Morgan fingerprint density at radius 3 is 2.44 bits per heavy atom. The van der Waals surface area contributed by atoms with Crippen molar-refractivity contribution in [3.05, 3.63) is 58.2 Å². The zero-order chi connectivity index (χ0) is 11.5. The summed E-state index contributed by atoms with van der Waals surface area (Å²) in [5, 5.41) is -0.239. The third kappa shape index (κ3) is 2.86. The van der Waals surface area contributed by atoms with Crippen molar-refractivity contribution in [1.29, 1.82) is 0 Å². The molecule has 1 aromatic carbocycles. The van der Waals surface area contributed by atoms with Gasteiger partial charge in [0.2, 0.25) is 0 Å². The summed E-state index contributed by atoms with van der Waals surface area (Å²) in [7, 11) is 0. The lowest BCUT2D eigenvalue weighted by Gasteiger charge is -2.06. The van der Waals surface area contributed by atoms with E-state index in [1.165, 1.54) is 12.1 Å². The molecule has 0 saturated carbocycles. The van der Waals surface area contributed by atoms with Crippen LogP contribution in [-0.4, -0.2) is 0 Å². The van der Waals surface area contributed by atoms with Gasteiger partial charge in [0.1, 0.15) is 11.6 Å². The van der Waals surface area contributed by atoms with Crippen molar-refractivity contribution >= 4 is 27.5 Å². The van der Waals surface area contributed by atoms with Crippen LogP contribution >= 0.6 is 27.5 Å². The van der Waals surface area contributed by atoms with Gasteiger partial charge < -0.3 is 4.42 Å². The molecule has 1 unspecified atom stereocenters. The molecule has 0 spiro atoms. The lowest BCUT2D eigenvalue weighted by molar-refractivity contribution is 0.481. The molecule has 1 atom stereocenters. The van der Waals surface area contributed by atoms with Crippen LogP contribution in [-0.2, 0) is 6.42 Å². The van der Waals surface area contributed by atoms with Crippen molar-refractivity contribution in [2.24, 2.45) is 0 Å². The number of furan rings is 1. The van der Waals surface area contributed by atoms with Crippen molar-refractivity contribution in [1.82, 2.24) is 0 Å². The standard InChI is InChI=1S/C12H9BrClFO/c13-12-6-5-11(16-12)10(14)7-8-1-3-9(15)4-2-8/h1-6,10H,7H2. The van der Waals surface area contributed by atoms with E-state index in [0.29, 0.717) is 16.9 Å². The first-order valence-electron chi connectivity index (χ1n) is 4.79. The van der Waals surface area contributed by atoms with Gasteiger partial charge in [0.25, 0.3) is 0 Å². The highest BCUT2D eigenvalue weighted by Crippen LogP contribution is 2.28. The number of hydrogen-bond acceptors (Lipinski definition) is 1. The van der Waals surface area contributed by atoms with Gasteiger partial charge in [-0.25, -0.2) is 4.39 Å². The van der Waals surface area contributed by atoms with E-state index in [1.807, 2.05) is 6.07 Å². The maximum atomic E-state index is 12.7. The topological polar surface area (TPSA) is 13.1 Å². The van der Waals surface area contributed by atoms with Crippen LogP contribution in [0.2, 0.25) is 0 Å². The van der Waals surface area contributed by atoms with E-state index in [9.17, 15) is 4.39 Å². The highest BCUT2D eigenvalue weighted by atomic mass is 79.9. The first-order valence-corrected chi connectivity index (χ1v) is 6.02. The van der Waals surface area contributed by atoms with E-state index < -0.39 is 0 Å². The molecule has 1 heterocycles. The van der Waals surface area contributed by atoms with Gasteiger partial charge in [0, 0.05) is 0 Å². The van der Waals surface area contributed by atoms with Crippen molar-refractivity contribution in [3.8, 4) is 0 Å². The van der Waals surface area contributed by atoms with Gasteiger partial charge in [-0.2, -0.15) is 0 Å². The van der Waals surface area contributed by atoms with Crippen molar-refractivity contribution in [2.75, 3.05) is 0 Å². The molecule has 84 valence electrons. The quantitative estimate of drug-likeness (QED) is 0.749. The summed E-state index contributed by atoms with van der Waals surface area (Å²) in [5.41, 5.74) is 0.980. The summed E-state index contributed by atoms with van der Waals surface area (Å²) >= 11 is 9.41. The SMILES string of the molecule is Fc1ccc(CC(Cl)c2ccc(Br)o2)cc1. The summed E-state index contributed by atoms with van der Waals surface area (Å²) in [4.78, 5) is 0. The summed E-state index contributed by atoms with van der Waals surface area (Å²) in [5.74, 6) is 0.466. The van der Waals surface area contributed by atoms with Gasteiger partial charge in [0.05, 0.1) is 5.38 Å². The fourth-order valence-electron chi connectivity index (χ4n) is 1.42. The lowest BCUT2D eigenvalue weighted by atomic mass is 10.1. The van der Waals surface area contributed by atoms with Crippen LogP contribution in [0.5, 0.6) is 0 Å². The van der Waals surface area contributed by atoms with Gasteiger partial charge in [-0.1, -0.05) is 12.1 Å². The predicted octanol–water partition coefficient (Wildman–Crippen LogP) is 4.70. The summed E-state index contributed by atoms with van der Waals surface area (Å²) < 4.78 is 18.7. The highest BCUT2D eigenvalue weighted by molar-refractivity contribution is 9.10. The van der Waals surface area contributed by atoms with Crippen LogP contribution in [0.4, 0.5) is 4.39 Å². The molecule has 4 heteroatoms. The van der Waals surface area contributed by atoms with Gasteiger partial charge in [-0.05, 0) is 52.2 Å². The number of hydrogen-bond donors (Lipinski definition) is 0. The van der Waals surface area contributed by atoms with Gasteiger partial charge in [-0.3, -0.25) is 0 Å². The molecule has 0 amide bonds. The molecule has 0 fully saturated rings. The van der Waals surface area contributed by atoms with E-state index in [0.717, 1.165) is 5.56 Å². The minimum Gasteiger partial charge on any atom is -0.453 e. The van der Waals surface area contributed by atoms with Crippen molar-refractivity contribution in [3.63, 3.8) is 0 Å². The van der Waals surface area contributed by atoms with Crippen LogP contribution in [0.3, 0.4) is 0 Å². The maximum Gasteiger partial charge on any atom is 0.169 e. The Morgan fingerprint density at radius 1 is 1.19 bits per heavy atom. The van der Waals surface area contributed by atoms with E-state index in [-0.39, 0.29) is 11.2 Å². The van der Waals surface area contributed by atoms with Gasteiger partial charge in [0.15, 0.2) is 4.67 Å². The number of halogens is 3. The zero-order valence-corrected chi connectivity index (χ0v) is 10.6. The molecule has 0 aliphatic heterocycles. The molecule has 0 bridgehead atoms. The summed E-state index contributed by atoms with van der Waals surface area (Å²) in [6.07, 6.45) is 0.613.